The van der Waals surface area contributed by atoms with E-state index in [1.807, 2.05) is 19.1 Å². The molecule has 3 aromatic rings. The average Bonchev–Trinajstić information content (AvgIpc) is 3.19. The zero-order chi connectivity index (χ0) is 16.7. The van der Waals surface area contributed by atoms with Crippen LogP contribution in [0.25, 0.3) is 10.2 Å². The molecule has 0 aromatic carbocycles. The van der Waals surface area contributed by atoms with Crippen LogP contribution in [0.1, 0.15) is 47.7 Å². The van der Waals surface area contributed by atoms with Crippen molar-refractivity contribution < 1.29 is 4.42 Å². The molecule has 0 bridgehead atoms. The molecule has 0 saturated heterocycles. The Morgan fingerprint density at radius 1 is 1.42 bits per heavy atom. The van der Waals surface area contributed by atoms with Gasteiger partial charge in [-0.25, -0.2) is 9.97 Å². The molecule has 1 aliphatic carbocycles. The molecule has 5 nitrogen and oxygen atoms in total. The van der Waals surface area contributed by atoms with Crippen molar-refractivity contribution in [2.75, 3.05) is 5.32 Å². The number of furan rings is 1. The van der Waals surface area contributed by atoms with Crippen molar-refractivity contribution in [3.8, 4) is 0 Å². The number of thiophene rings is 1. The standard InChI is InChI=1S/C18H22N4OS/c1-10(19)8-14-11(2)15-16(24-14)18(20-9-13-4-3-7-23-13)22-17(21-15)12-5-6-12/h3-4,7,10,12H,5-6,8-9,19H2,1-2H3,(H,20,21,22)/t10-/m0/s1. The summed E-state index contributed by atoms with van der Waals surface area (Å²) in [5, 5.41) is 3.44. The van der Waals surface area contributed by atoms with Crippen LogP contribution >= 0.6 is 11.3 Å². The highest BCUT2D eigenvalue weighted by molar-refractivity contribution is 7.19. The Morgan fingerprint density at radius 3 is 2.92 bits per heavy atom. The van der Waals surface area contributed by atoms with Crippen molar-refractivity contribution in [2.45, 2.75) is 51.6 Å². The van der Waals surface area contributed by atoms with E-state index in [0.717, 1.165) is 34.0 Å². The Kier molecular flexibility index (Phi) is 4.02. The number of aryl methyl sites for hydroxylation is 1. The molecule has 3 N–H and O–H groups in total. The molecule has 3 heterocycles. The highest BCUT2D eigenvalue weighted by Gasteiger charge is 2.28. The lowest BCUT2D eigenvalue weighted by molar-refractivity contribution is 0.518. The smallest absolute Gasteiger partial charge is 0.148 e. The molecular weight excluding hydrogens is 320 g/mol. The molecule has 0 amide bonds. The van der Waals surface area contributed by atoms with E-state index in [0.29, 0.717) is 12.5 Å². The second-order valence-electron chi connectivity index (χ2n) is 6.65. The number of nitrogens with one attached hydrogen (secondary N) is 1. The van der Waals surface area contributed by atoms with Gasteiger partial charge in [-0.15, -0.1) is 11.3 Å². The molecule has 1 atom stereocenters. The van der Waals surface area contributed by atoms with Crippen molar-refractivity contribution in [1.82, 2.24) is 9.97 Å². The summed E-state index contributed by atoms with van der Waals surface area (Å²) in [6.45, 7) is 4.82. The molecule has 6 heteroatoms. The maximum absolute atomic E-state index is 6.01. The van der Waals surface area contributed by atoms with Crippen molar-refractivity contribution in [1.29, 1.82) is 0 Å². The van der Waals surface area contributed by atoms with Crippen LogP contribution in [0.15, 0.2) is 22.8 Å². The van der Waals surface area contributed by atoms with E-state index in [9.17, 15) is 0 Å². The largest absolute Gasteiger partial charge is 0.467 e. The highest BCUT2D eigenvalue weighted by atomic mass is 32.1. The second-order valence-corrected chi connectivity index (χ2v) is 7.75. The highest BCUT2D eigenvalue weighted by Crippen LogP contribution is 2.42. The number of rotatable bonds is 6. The lowest BCUT2D eigenvalue weighted by atomic mass is 10.1. The maximum atomic E-state index is 6.01. The van der Waals surface area contributed by atoms with E-state index in [4.69, 9.17) is 20.1 Å². The Hall–Kier alpha value is -1.92. The summed E-state index contributed by atoms with van der Waals surface area (Å²) in [5.74, 6) is 3.31. The molecular formula is C18H22N4OS. The predicted octanol–water partition coefficient (Wildman–Crippen LogP) is 3.97. The maximum Gasteiger partial charge on any atom is 0.148 e. The number of hydrogen-bond donors (Lipinski definition) is 2. The summed E-state index contributed by atoms with van der Waals surface area (Å²) < 4.78 is 6.54. The van der Waals surface area contributed by atoms with Crippen LogP contribution < -0.4 is 11.1 Å². The number of nitrogens with two attached hydrogens (primary N) is 1. The van der Waals surface area contributed by atoms with Gasteiger partial charge in [-0.05, 0) is 50.8 Å². The first-order valence-corrected chi connectivity index (χ1v) is 9.25. The van der Waals surface area contributed by atoms with Gasteiger partial charge < -0.3 is 15.5 Å². The van der Waals surface area contributed by atoms with Gasteiger partial charge in [-0.1, -0.05) is 0 Å². The first-order valence-electron chi connectivity index (χ1n) is 8.43. The summed E-state index contributed by atoms with van der Waals surface area (Å²) in [7, 11) is 0. The predicted molar refractivity (Wildman–Crippen MR) is 97.5 cm³/mol. The molecule has 4 rings (SSSR count). The van der Waals surface area contributed by atoms with Gasteiger partial charge in [-0.3, -0.25) is 0 Å². The van der Waals surface area contributed by atoms with Crippen LogP contribution in [0, 0.1) is 6.92 Å². The molecule has 0 radical (unpaired) electrons. The van der Waals surface area contributed by atoms with Crippen molar-refractivity contribution in [3.63, 3.8) is 0 Å². The fraction of sp³-hybridized carbons (Fsp3) is 0.444. The lowest BCUT2D eigenvalue weighted by Crippen LogP contribution is -2.17. The van der Waals surface area contributed by atoms with Crippen LogP contribution in [0.2, 0.25) is 0 Å². The fourth-order valence-electron chi connectivity index (χ4n) is 2.87. The van der Waals surface area contributed by atoms with Crippen molar-refractivity contribution in [2.24, 2.45) is 5.73 Å². The zero-order valence-electron chi connectivity index (χ0n) is 14.0. The quantitative estimate of drug-likeness (QED) is 0.709. The number of aromatic nitrogens is 2. The van der Waals surface area contributed by atoms with Crippen LogP contribution in [-0.2, 0) is 13.0 Å². The lowest BCUT2D eigenvalue weighted by Gasteiger charge is -2.07. The molecule has 0 unspecified atom stereocenters. The average molecular weight is 342 g/mol. The van der Waals surface area contributed by atoms with E-state index in [1.165, 1.54) is 23.3 Å². The third-order valence-corrected chi connectivity index (χ3v) is 5.65. The molecule has 1 fully saturated rings. The molecule has 0 aliphatic heterocycles. The number of nitrogens with zero attached hydrogens (tertiary/aromatic N) is 2. The minimum atomic E-state index is 0.146. The van der Waals surface area contributed by atoms with Crippen molar-refractivity contribution >= 4 is 27.4 Å². The monoisotopic (exact) mass is 342 g/mol. The van der Waals surface area contributed by atoms with Gasteiger partial charge in [0.1, 0.15) is 17.4 Å². The summed E-state index contributed by atoms with van der Waals surface area (Å²) in [6.07, 6.45) is 4.96. The normalized spacial score (nSPS) is 15.8. The van der Waals surface area contributed by atoms with Crippen LogP contribution in [0.5, 0.6) is 0 Å². The van der Waals surface area contributed by atoms with Crippen LogP contribution in [0.4, 0.5) is 5.82 Å². The molecule has 0 spiro atoms. The first-order chi connectivity index (χ1) is 11.6. The first kappa shape index (κ1) is 15.6. The second kappa shape index (κ2) is 6.18. The molecule has 1 saturated carbocycles. The molecule has 1 aliphatic rings. The minimum absolute atomic E-state index is 0.146. The van der Waals surface area contributed by atoms with Crippen LogP contribution in [-0.4, -0.2) is 16.0 Å². The summed E-state index contributed by atoms with van der Waals surface area (Å²) in [5.41, 5.74) is 8.33. The van der Waals surface area contributed by atoms with Gasteiger partial charge in [0, 0.05) is 16.8 Å². The Labute approximate surface area is 145 Å². The number of fused-ring (bicyclic) bond motifs is 1. The van der Waals surface area contributed by atoms with Crippen molar-refractivity contribution in [3.05, 3.63) is 40.4 Å². The van der Waals surface area contributed by atoms with Crippen LogP contribution in [0.3, 0.4) is 0 Å². The minimum Gasteiger partial charge on any atom is -0.467 e. The molecule has 24 heavy (non-hydrogen) atoms. The number of hydrogen-bond acceptors (Lipinski definition) is 6. The van der Waals surface area contributed by atoms with E-state index >= 15 is 0 Å². The van der Waals surface area contributed by atoms with Gasteiger partial charge in [0.25, 0.3) is 0 Å². The Bertz CT molecular complexity index is 850. The Balaban J connectivity index is 1.74. The van der Waals surface area contributed by atoms with E-state index in [-0.39, 0.29) is 6.04 Å². The SMILES string of the molecule is Cc1c(C[C@H](C)N)sc2c(NCc3ccco3)nc(C3CC3)nc12. The fourth-order valence-corrected chi connectivity index (χ4v) is 4.22. The van der Waals surface area contributed by atoms with Gasteiger partial charge >= 0.3 is 0 Å². The molecule has 126 valence electrons. The van der Waals surface area contributed by atoms with Gasteiger partial charge in [0.15, 0.2) is 0 Å². The van der Waals surface area contributed by atoms with E-state index in [2.05, 4.69) is 12.2 Å². The summed E-state index contributed by atoms with van der Waals surface area (Å²) in [4.78, 5) is 11.0. The van der Waals surface area contributed by atoms with E-state index in [1.54, 1.807) is 17.6 Å². The topological polar surface area (TPSA) is 77.0 Å². The third kappa shape index (κ3) is 3.03. The third-order valence-electron chi connectivity index (χ3n) is 4.34. The zero-order valence-corrected chi connectivity index (χ0v) is 14.8. The summed E-state index contributed by atoms with van der Waals surface area (Å²) >= 11 is 1.76. The van der Waals surface area contributed by atoms with E-state index < -0.39 is 0 Å². The Morgan fingerprint density at radius 2 is 2.25 bits per heavy atom. The summed E-state index contributed by atoms with van der Waals surface area (Å²) in [6, 6.07) is 4.01. The van der Waals surface area contributed by atoms with Gasteiger partial charge in [0.05, 0.1) is 23.0 Å². The number of anilines is 1. The molecule has 3 aromatic heterocycles. The van der Waals surface area contributed by atoms with Gasteiger partial charge in [0.2, 0.25) is 0 Å². The van der Waals surface area contributed by atoms with Gasteiger partial charge in [-0.2, -0.15) is 0 Å².